The van der Waals surface area contributed by atoms with Gasteiger partial charge in [0, 0.05) is 57.1 Å². The fourth-order valence-corrected chi connectivity index (χ4v) is 11.3. The van der Waals surface area contributed by atoms with Crippen LogP contribution >= 0.6 is 0 Å². The van der Waals surface area contributed by atoms with Crippen molar-refractivity contribution in [3.8, 4) is 0 Å². The summed E-state index contributed by atoms with van der Waals surface area (Å²) >= 11 is 0. The molecular weight excluding hydrogens is 803 g/mol. The summed E-state index contributed by atoms with van der Waals surface area (Å²) in [6.07, 6.45) is 10.1. The molecule has 330 valence electrons. The van der Waals surface area contributed by atoms with Gasteiger partial charge in [0.15, 0.2) is 11.5 Å². The molecule has 0 radical (unpaired) electrons. The fraction of sp³-hybridized carbons (Fsp3) is 0.522. The molecule has 17 nitrogen and oxygen atoms in total. The zero-order chi connectivity index (χ0) is 43.7. The number of hydrogen-bond donors (Lipinski definition) is 3. The second-order valence-corrected chi connectivity index (χ2v) is 18.8. The first-order valence-corrected chi connectivity index (χ1v) is 22.6. The maximum absolute atomic E-state index is 13.5. The van der Waals surface area contributed by atoms with Crippen LogP contribution in [0, 0.1) is 0 Å². The van der Waals surface area contributed by atoms with Gasteiger partial charge in [-0.05, 0) is 99.3 Å². The molecule has 10 rings (SSSR count). The highest BCUT2D eigenvalue weighted by Gasteiger charge is 2.49. The largest absolute Gasteiger partial charge is 0.368 e. The minimum absolute atomic E-state index is 0.0220. The molecule has 4 N–H and O–H groups in total. The maximum Gasteiger partial charge on any atom is 0.320 e. The molecule has 0 bridgehead atoms. The number of nitrogens with one attached hydrogen (secondary N) is 2. The van der Waals surface area contributed by atoms with Crippen molar-refractivity contribution in [2.75, 3.05) is 61.4 Å². The lowest BCUT2D eigenvalue weighted by Crippen LogP contribution is -2.61. The molecule has 1 saturated carbocycles. The third-order valence-electron chi connectivity index (χ3n) is 15.1. The number of amides is 7. The molecular formula is C46H55N11O6. The molecule has 63 heavy (non-hydrogen) atoms. The van der Waals surface area contributed by atoms with E-state index in [-0.39, 0.29) is 53.7 Å². The van der Waals surface area contributed by atoms with Gasteiger partial charge in [0.25, 0.3) is 17.7 Å². The van der Waals surface area contributed by atoms with Crippen LogP contribution in [0.2, 0.25) is 0 Å². The highest BCUT2D eigenvalue weighted by atomic mass is 16.2. The number of nitrogens with zero attached hydrogens (tertiary/aromatic N) is 8. The van der Waals surface area contributed by atoms with Crippen molar-refractivity contribution in [1.82, 2.24) is 34.9 Å². The van der Waals surface area contributed by atoms with Crippen molar-refractivity contribution in [1.29, 1.82) is 0 Å². The standard InChI is InChI=1S/C46H55N11O6/c1-46(17-20-53(21-18-46)31-25-55(26-31)29-13-14-32-33(22-29)44(62)57(43(32)61)36-15-16-38(58)51-42(36)60)27-9-11-28(12-10-27)49-41-39(40(47)59)48-23-37(50-41)54-19-5-6-30(24-54)56-35-8-4-3-7-34(35)52(2)45(56)63/h9-14,22-23,30-31,34-36H,3-8,15-21,24-26H2,1-2H3,(H2,47,59)(H,49,50)(H,51,58,60). The Labute approximate surface area is 366 Å². The van der Waals surface area contributed by atoms with E-state index >= 15 is 0 Å². The van der Waals surface area contributed by atoms with E-state index in [4.69, 9.17) is 10.7 Å². The summed E-state index contributed by atoms with van der Waals surface area (Å²) in [7, 11) is 1.94. The normalized spacial score (nSPS) is 26.4. The third kappa shape index (κ3) is 7.23. The zero-order valence-electron chi connectivity index (χ0n) is 35.9. The van der Waals surface area contributed by atoms with Crippen LogP contribution in [0.5, 0.6) is 0 Å². The SMILES string of the molecule is CN1C(=O)N(C2CCCN(c3cnc(C(N)=O)c(Nc4ccc(C5(C)CCN(C6CN(c7ccc8c(c7)C(=O)N(C7CCC(=O)NC7=O)C8=O)C6)CC5)cc4)n3)C2)C2CCCCC21. The molecule has 7 amide bonds. The number of carbonyl (C=O) groups is 6. The number of primary amides is 1. The van der Waals surface area contributed by atoms with Crippen molar-refractivity contribution in [2.24, 2.45) is 5.73 Å². The Bertz CT molecular complexity index is 2380. The Balaban J connectivity index is 0.748. The number of carbonyl (C=O) groups excluding carboxylic acids is 6. The number of rotatable bonds is 9. The van der Waals surface area contributed by atoms with Gasteiger partial charge >= 0.3 is 6.03 Å². The summed E-state index contributed by atoms with van der Waals surface area (Å²) in [5.74, 6) is -1.71. The number of fused-ring (bicyclic) bond motifs is 2. The van der Waals surface area contributed by atoms with Crippen molar-refractivity contribution in [3.05, 3.63) is 71.0 Å². The number of likely N-dealkylation sites (N-methyl/N-ethyl adjacent to an activating group) is 1. The number of piperidine rings is 3. The highest BCUT2D eigenvalue weighted by molar-refractivity contribution is 6.23. The summed E-state index contributed by atoms with van der Waals surface area (Å²) in [4.78, 5) is 98.1. The van der Waals surface area contributed by atoms with Gasteiger partial charge in [0.1, 0.15) is 11.9 Å². The fourth-order valence-electron chi connectivity index (χ4n) is 11.3. The predicted molar refractivity (Wildman–Crippen MR) is 234 cm³/mol. The van der Waals surface area contributed by atoms with Crippen LogP contribution in [0.4, 0.5) is 27.8 Å². The van der Waals surface area contributed by atoms with Crippen molar-refractivity contribution in [2.45, 2.75) is 107 Å². The van der Waals surface area contributed by atoms with E-state index in [2.05, 4.69) is 54.3 Å². The monoisotopic (exact) mass is 857 g/mol. The van der Waals surface area contributed by atoms with Crippen LogP contribution in [0.1, 0.15) is 108 Å². The zero-order valence-corrected chi connectivity index (χ0v) is 35.9. The van der Waals surface area contributed by atoms with Crippen LogP contribution in [0.15, 0.2) is 48.7 Å². The topological polar surface area (TPSA) is 198 Å². The van der Waals surface area contributed by atoms with E-state index < -0.39 is 35.6 Å². The van der Waals surface area contributed by atoms with Crippen molar-refractivity contribution >= 4 is 58.6 Å². The number of aromatic nitrogens is 2. The second-order valence-electron chi connectivity index (χ2n) is 18.8. The number of urea groups is 1. The van der Waals surface area contributed by atoms with Gasteiger partial charge in [0.2, 0.25) is 11.8 Å². The van der Waals surface area contributed by atoms with Gasteiger partial charge in [-0.3, -0.25) is 39.1 Å². The van der Waals surface area contributed by atoms with Gasteiger partial charge in [0.05, 0.1) is 35.4 Å². The number of likely N-dealkylation sites (tertiary alicyclic amines) is 1. The first kappa shape index (κ1) is 40.9. The molecule has 6 fully saturated rings. The molecule has 7 aliphatic rings. The highest BCUT2D eigenvalue weighted by Crippen LogP contribution is 2.40. The average molecular weight is 858 g/mol. The van der Waals surface area contributed by atoms with E-state index in [1.165, 1.54) is 12.0 Å². The van der Waals surface area contributed by atoms with Gasteiger partial charge in [-0.25, -0.2) is 14.8 Å². The summed E-state index contributed by atoms with van der Waals surface area (Å²) in [6.45, 7) is 7.25. The first-order chi connectivity index (χ1) is 30.4. The van der Waals surface area contributed by atoms with E-state index in [0.29, 0.717) is 29.8 Å². The van der Waals surface area contributed by atoms with Gasteiger partial charge in [-0.2, -0.15) is 0 Å². The smallest absolute Gasteiger partial charge is 0.320 e. The molecule has 17 heteroatoms. The molecule has 7 heterocycles. The van der Waals surface area contributed by atoms with Crippen LogP contribution < -0.4 is 26.2 Å². The van der Waals surface area contributed by atoms with E-state index in [1.54, 1.807) is 18.3 Å². The second kappa shape index (κ2) is 15.9. The van der Waals surface area contributed by atoms with E-state index in [0.717, 1.165) is 93.9 Å². The van der Waals surface area contributed by atoms with Crippen LogP contribution in [0.25, 0.3) is 0 Å². The minimum Gasteiger partial charge on any atom is -0.368 e. The number of benzene rings is 2. The predicted octanol–water partition coefficient (Wildman–Crippen LogP) is 3.61. The quantitative estimate of drug-likeness (QED) is 0.265. The Morgan fingerprint density at radius 3 is 2.27 bits per heavy atom. The molecule has 4 unspecified atom stereocenters. The lowest BCUT2D eigenvalue weighted by Gasteiger charge is -2.50. The molecule has 4 atom stereocenters. The van der Waals surface area contributed by atoms with Crippen LogP contribution in [-0.2, 0) is 15.0 Å². The Morgan fingerprint density at radius 2 is 1.54 bits per heavy atom. The molecule has 1 aliphatic carbocycles. The Morgan fingerprint density at radius 1 is 0.825 bits per heavy atom. The van der Waals surface area contributed by atoms with Crippen molar-refractivity contribution < 1.29 is 28.8 Å². The third-order valence-corrected chi connectivity index (χ3v) is 15.1. The summed E-state index contributed by atoms with van der Waals surface area (Å²) in [5.41, 5.74) is 9.30. The Hall–Kier alpha value is -6.10. The molecule has 2 aromatic carbocycles. The average Bonchev–Trinajstić information content (AvgIpc) is 3.67. The lowest BCUT2D eigenvalue weighted by atomic mass is 9.74. The Kier molecular flexibility index (Phi) is 10.3. The molecule has 5 saturated heterocycles. The van der Waals surface area contributed by atoms with Crippen LogP contribution in [0.3, 0.4) is 0 Å². The maximum atomic E-state index is 13.5. The first-order valence-electron chi connectivity index (χ1n) is 22.6. The number of nitrogens with two attached hydrogens (primary N) is 1. The number of anilines is 4. The minimum atomic E-state index is -0.984. The van der Waals surface area contributed by atoms with Gasteiger partial charge < -0.3 is 30.7 Å². The van der Waals surface area contributed by atoms with Crippen molar-refractivity contribution in [3.63, 3.8) is 0 Å². The molecule has 1 aromatic heterocycles. The summed E-state index contributed by atoms with van der Waals surface area (Å²) < 4.78 is 0. The summed E-state index contributed by atoms with van der Waals surface area (Å²) in [5, 5.41) is 5.58. The van der Waals surface area contributed by atoms with E-state index in [1.807, 2.05) is 30.1 Å². The van der Waals surface area contributed by atoms with E-state index in [9.17, 15) is 28.8 Å². The molecule has 6 aliphatic heterocycles. The number of imide groups is 2. The van der Waals surface area contributed by atoms with Gasteiger partial charge in [-0.1, -0.05) is 31.9 Å². The summed E-state index contributed by atoms with van der Waals surface area (Å²) in [6, 6.07) is 13.7. The van der Waals surface area contributed by atoms with Crippen LogP contribution in [-0.4, -0.2) is 142 Å². The van der Waals surface area contributed by atoms with Gasteiger partial charge in [-0.15, -0.1) is 0 Å². The lowest BCUT2D eigenvalue weighted by molar-refractivity contribution is -0.136. The number of hydrogen-bond acceptors (Lipinski definition) is 12. The molecule has 3 aromatic rings. The molecule has 0 spiro atoms.